The predicted octanol–water partition coefficient (Wildman–Crippen LogP) is 1.53. The van der Waals surface area contributed by atoms with Gasteiger partial charge in [-0.15, -0.1) is 0 Å². The number of morpholine rings is 1. The molecule has 0 aromatic heterocycles. The average molecular weight is 251 g/mol. The molecule has 1 aliphatic heterocycles. The quantitative estimate of drug-likeness (QED) is 0.695. The number of rotatable bonds is 5. The Morgan fingerprint density at radius 2 is 2.22 bits per heavy atom. The van der Waals surface area contributed by atoms with E-state index >= 15 is 0 Å². The lowest BCUT2D eigenvalue weighted by atomic mass is 10.2. The number of hydrogen-bond acceptors (Lipinski definition) is 4. The highest BCUT2D eigenvalue weighted by Gasteiger charge is 2.10. The predicted molar refractivity (Wildman–Crippen MR) is 69.3 cm³/mol. The number of carbonyl (C=O) groups is 1. The zero-order valence-corrected chi connectivity index (χ0v) is 10.8. The molecule has 18 heavy (non-hydrogen) atoms. The van der Waals surface area contributed by atoms with Crippen LogP contribution >= 0.6 is 0 Å². The van der Waals surface area contributed by atoms with E-state index in [0.717, 1.165) is 69.7 Å². The fourth-order valence-corrected chi connectivity index (χ4v) is 2.19. The number of nitrogens with zero attached hydrogens (tertiary/aromatic N) is 1. The first kappa shape index (κ1) is 13.3. The second-order valence-corrected chi connectivity index (χ2v) is 4.63. The van der Waals surface area contributed by atoms with Gasteiger partial charge >= 0.3 is 0 Å². The minimum atomic E-state index is 0.692. The number of aldehydes is 1. The molecule has 100 valence electrons. The van der Waals surface area contributed by atoms with Crippen LogP contribution in [0, 0.1) is 0 Å². The van der Waals surface area contributed by atoms with E-state index in [4.69, 9.17) is 9.47 Å². The molecule has 1 aliphatic carbocycles. The normalized spacial score (nSPS) is 21.8. The van der Waals surface area contributed by atoms with Gasteiger partial charge in [0.1, 0.15) is 12.9 Å². The molecule has 4 heteroatoms. The van der Waals surface area contributed by atoms with Gasteiger partial charge in [0, 0.05) is 31.6 Å². The lowest BCUT2D eigenvalue weighted by Gasteiger charge is -2.26. The van der Waals surface area contributed by atoms with E-state index in [0.29, 0.717) is 6.61 Å². The SMILES string of the molecule is O=CC1=CCCCC(OCCN2CCOCC2)=C1. The van der Waals surface area contributed by atoms with E-state index in [1.165, 1.54) is 0 Å². The van der Waals surface area contributed by atoms with Gasteiger partial charge < -0.3 is 9.47 Å². The van der Waals surface area contributed by atoms with Crippen LogP contribution in [0.3, 0.4) is 0 Å². The van der Waals surface area contributed by atoms with Crippen molar-refractivity contribution in [1.29, 1.82) is 0 Å². The van der Waals surface area contributed by atoms with Gasteiger partial charge in [0.15, 0.2) is 0 Å². The first-order valence-corrected chi connectivity index (χ1v) is 6.67. The van der Waals surface area contributed by atoms with Crippen molar-refractivity contribution in [3.05, 3.63) is 23.5 Å². The van der Waals surface area contributed by atoms with Crippen LogP contribution in [0.4, 0.5) is 0 Å². The molecule has 2 rings (SSSR count). The molecular weight excluding hydrogens is 230 g/mol. The molecule has 0 N–H and O–H groups in total. The molecular formula is C14H21NO3. The summed E-state index contributed by atoms with van der Waals surface area (Å²) in [6.45, 7) is 5.24. The summed E-state index contributed by atoms with van der Waals surface area (Å²) in [5, 5.41) is 0. The Balaban J connectivity index is 1.73. The summed E-state index contributed by atoms with van der Waals surface area (Å²) in [6.07, 6.45) is 7.69. The van der Waals surface area contributed by atoms with Crippen LogP contribution in [0.1, 0.15) is 19.3 Å². The second-order valence-electron chi connectivity index (χ2n) is 4.63. The molecule has 0 amide bonds. The average Bonchev–Trinajstić information content (AvgIpc) is 2.65. The summed E-state index contributed by atoms with van der Waals surface area (Å²) in [5.74, 6) is 0.944. The van der Waals surface area contributed by atoms with Crippen molar-refractivity contribution >= 4 is 6.29 Å². The fraction of sp³-hybridized carbons (Fsp3) is 0.643. The van der Waals surface area contributed by atoms with Crippen LogP contribution in [0.5, 0.6) is 0 Å². The lowest BCUT2D eigenvalue weighted by Crippen LogP contribution is -2.38. The van der Waals surface area contributed by atoms with Gasteiger partial charge in [0.05, 0.1) is 19.0 Å². The Morgan fingerprint density at radius 3 is 3.00 bits per heavy atom. The smallest absolute Gasteiger partial charge is 0.149 e. The van der Waals surface area contributed by atoms with Gasteiger partial charge in [-0.25, -0.2) is 0 Å². The van der Waals surface area contributed by atoms with E-state index < -0.39 is 0 Å². The largest absolute Gasteiger partial charge is 0.497 e. The summed E-state index contributed by atoms with van der Waals surface area (Å²) >= 11 is 0. The van der Waals surface area contributed by atoms with Gasteiger partial charge in [-0.05, 0) is 18.9 Å². The standard InChI is InChI=1S/C14H21NO3/c16-12-13-3-1-2-4-14(11-13)18-10-7-15-5-8-17-9-6-15/h3,11-12H,1-2,4-10H2. The maximum atomic E-state index is 10.8. The van der Waals surface area contributed by atoms with Crippen molar-refractivity contribution in [2.24, 2.45) is 0 Å². The maximum Gasteiger partial charge on any atom is 0.149 e. The zero-order valence-electron chi connectivity index (χ0n) is 10.8. The fourth-order valence-electron chi connectivity index (χ4n) is 2.19. The Bertz CT molecular complexity index is 330. The number of hydrogen-bond donors (Lipinski definition) is 0. The highest BCUT2D eigenvalue weighted by Crippen LogP contribution is 2.17. The van der Waals surface area contributed by atoms with E-state index in [2.05, 4.69) is 4.90 Å². The molecule has 0 bridgehead atoms. The zero-order chi connectivity index (χ0) is 12.6. The van der Waals surface area contributed by atoms with E-state index in [1.807, 2.05) is 12.2 Å². The van der Waals surface area contributed by atoms with Crippen LogP contribution in [-0.2, 0) is 14.3 Å². The Labute approximate surface area is 108 Å². The number of carbonyl (C=O) groups excluding carboxylic acids is 1. The summed E-state index contributed by atoms with van der Waals surface area (Å²) in [5.41, 5.74) is 0.744. The highest BCUT2D eigenvalue weighted by molar-refractivity contribution is 5.77. The van der Waals surface area contributed by atoms with Crippen molar-refractivity contribution in [2.75, 3.05) is 39.5 Å². The Kier molecular flexibility index (Phi) is 5.42. The van der Waals surface area contributed by atoms with Gasteiger partial charge in [0.25, 0.3) is 0 Å². The first-order chi connectivity index (χ1) is 8.88. The lowest BCUT2D eigenvalue weighted by molar-refractivity contribution is -0.104. The van der Waals surface area contributed by atoms with Crippen LogP contribution < -0.4 is 0 Å². The molecule has 0 saturated carbocycles. The molecule has 0 aromatic rings. The number of allylic oxidation sites excluding steroid dienone is 4. The van der Waals surface area contributed by atoms with Crippen LogP contribution in [0.15, 0.2) is 23.5 Å². The van der Waals surface area contributed by atoms with E-state index in [9.17, 15) is 4.79 Å². The molecule has 0 radical (unpaired) electrons. The van der Waals surface area contributed by atoms with Gasteiger partial charge in [-0.2, -0.15) is 0 Å². The van der Waals surface area contributed by atoms with Gasteiger partial charge in [-0.1, -0.05) is 6.08 Å². The molecule has 1 saturated heterocycles. The third-order valence-electron chi connectivity index (χ3n) is 3.27. The summed E-state index contributed by atoms with van der Waals surface area (Å²) in [4.78, 5) is 13.1. The molecule has 2 aliphatic rings. The van der Waals surface area contributed by atoms with Crippen molar-refractivity contribution < 1.29 is 14.3 Å². The Morgan fingerprint density at radius 1 is 1.39 bits per heavy atom. The van der Waals surface area contributed by atoms with Crippen molar-refractivity contribution in [1.82, 2.24) is 4.90 Å². The van der Waals surface area contributed by atoms with Crippen molar-refractivity contribution in [2.45, 2.75) is 19.3 Å². The van der Waals surface area contributed by atoms with Crippen LogP contribution in [0.25, 0.3) is 0 Å². The van der Waals surface area contributed by atoms with Crippen molar-refractivity contribution in [3.8, 4) is 0 Å². The second kappa shape index (κ2) is 7.34. The minimum Gasteiger partial charge on any atom is -0.497 e. The topological polar surface area (TPSA) is 38.8 Å². The third-order valence-corrected chi connectivity index (χ3v) is 3.27. The summed E-state index contributed by atoms with van der Waals surface area (Å²) in [7, 11) is 0. The van der Waals surface area contributed by atoms with E-state index in [1.54, 1.807) is 0 Å². The van der Waals surface area contributed by atoms with Crippen LogP contribution in [0.2, 0.25) is 0 Å². The summed E-state index contributed by atoms with van der Waals surface area (Å²) < 4.78 is 11.1. The highest BCUT2D eigenvalue weighted by atomic mass is 16.5. The first-order valence-electron chi connectivity index (χ1n) is 6.67. The molecule has 1 heterocycles. The molecule has 4 nitrogen and oxygen atoms in total. The monoisotopic (exact) mass is 251 g/mol. The third kappa shape index (κ3) is 4.27. The number of ether oxygens (including phenoxy) is 2. The Hall–Kier alpha value is -1.13. The minimum absolute atomic E-state index is 0.692. The van der Waals surface area contributed by atoms with E-state index in [-0.39, 0.29) is 0 Å². The van der Waals surface area contributed by atoms with Crippen molar-refractivity contribution in [3.63, 3.8) is 0 Å². The van der Waals surface area contributed by atoms with Gasteiger partial charge in [-0.3, -0.25) is 9.69 Å². The molecule has 0 aromatic carbocycles. The van der Waals surface area contributed by atoms with Gasteiger partial charge in [0.2, 0.25) is 0 Å². The van der Waals surface area contributed by atoms with Crippen LogP contribution in [-0.4, -0.2) is 50.6 Å². The maximum absolute atomic E-state index is 10.8. The molecule has 0 unspecified atom stereocenters. The molecule has 0 atom stereocenters. The molecule has 0 spiro atoms. The molecule has 1 fully saturated rings. The summed E-state index contributed by atoms with van der Waals surface area (Å²) in [6, 6.07) is 0.